The lowest BCUT2D eigenvalue weighted by molar-refractivity contribution is 0.311. The van der Waals surface area contributed by atoms with E-state index < -0.39 is 5.82 Å². The van der Waals surface area contributed by atoms with Crippen molar-refractivity contribution in [3.63, 3.8) is 0 Å². The fourth-order valence-electron chi connectivity index (χ4n) is 1.57. The zero-order chi connectivity index (χ0) is 13.4. The number of nitrogens with one attached hydrogen (secondary N) is 1. The van der Waals surface area contributed by atoms with Gasteiger partial charge in [-0.3, -0.25) is 0 Å². The van der Waals surface area contributed by atoms with Crippen molar-refractivity contribution in [1.82, 2.24) is 5.32 Å². The number of hydrogen-bond donors (Lipinski definition) is 1. The first-order chi connectivity index (χ1) is 8.59. The molecule has 0 fully saturated rings. The van der Waals surface area contributed by atoms with Gasteiger partial charge in [-0.15, -0.1) is 0 Å². The lowest BCUT2D eigenvalue weighted by atomic mass is 10.1. The Morgan fingerprint density at radius 1 is 1.33 bits per heavy atom. The van der Waals surface area contributed by atoms with Gasteiger partial charge in [-0.05, 0) is 37.4 Å². The number of halogens is 2. The summed E-state index contributed by atoms with van der Waals surface area (Å²) in [6.07, 6.45) is 2.41. The summed E-state index contributed by atoms with van der Waals surface area (Å²) in [7, 11) is 0. The average molecular weight is 274 g/mol. The lowest BCUT2D eigenvalue weighted by Gasteiger charge is -2.08. The molecular weight excluding hydrogens is 253 g/mol. The van der Waals surface area contributed by atoms with Crippen LogP contribution < -0.4 is 10.1 Å². The average Bonchev–Trinajstić information content (AvgIpc) is 2.32. The van der Waals surface area contributed by atoms with Crippen molar-refractivity contribution in [3.05, 3.63) is 29.0 Å². The number of benzene rings is 1. The maximum Gasteiger partial charge on any atom is 0.145 e. The van der Waals surface area contributed by atoms with Crippen LogP contribution in [0.5, 0.6) is 5.75 Å². The van der Waals surface area contributed by atoms with E-state index in [2.05, 4.69) is 19.2 Å². The van der Waals surface area contributed by atoms with Crippen LogP contribution >= 0.6 is 11.6 Å². The fourth-order valence-corrected chi connectivity index (χ4v) is 1.69. The van der Waals surface area contributed by atoms with Crippen LogP contribution in [0.3, 0.4) is 0 Å². The van der Waals surface area contributed by atoms with E-state index in [-0.39, 0.29) is 5.02 Å². The predicted molar refractivity (Wildman–Crippen MR) is 73.8 cm³/mol. The van der Waals surface area contributed by atoms with Crippen LogP contribution in [0.1, 0.15) is 26.7 Å². The van der Waals surface area contributed by atoms with Crippen molar-refractivity contribution in [1.29, 1.82) is 0 Å². The highest BCUT2D eigenvalue weighted by Gasteiger charge is 2.01. The first kappa shape index (κ1) is 15.3. The van der Waals surface area contributed by atoms with Crippen LogP contribution in [0.2, 0.25) is 5.02 Å². The largest absolute Gasteiger partial charge is 0.492 e. The van der Waals surface area contributed by atoms with Gasteiger partial charge in [-0.25, -0.2) is 4.39 Å². The van der Waals surface area contributed by atoms with Gasteiger partial charge >= 0.3 is 0 Å². The summed E-state index contributed by atoms with van der Waals surface area (Å²) in [5.41, 5.74) is 0. The van der Waals surface area contributed by atoms with E-state index in [1.54, 1.807) is 6.07 Å². The molecule has 1 N–H and O–H groups in total. The first-order valence-corrected chi connectivity index (χ1v) is 6.76. The molecule has 0 aliphatic carbocycles. The van der Waals surface area contributed by atoms with Crippen molar-refractivity contribution in [2.24, 2.45) is 5.92 Å². The number of ether oxygens (including phenoxy) is 1. The Balaban J connectivity index is 2.09. The Labute approximate surface area is 113 Å². The topological polar surface area (TPSA) is 21.3 Å². The zero-order valence-electron chi connectivity index (χ0n) is 11.0. The Hall–Kier alpha value is -0.800. The molecule has 0 bridgehead atoms. The minimum Gasteiger partial charge on any atom is -0.492 e. The summed E-state index contributed by atoms with van der Waals surface area (Å²) < 4.78 is 18.5. The van der Waals surface area contributed by atoms with Gasteiger partial charge in [0, 0.05) is 12.6 Å². The summed E-state index contributed by atoms with van der Waals surface area (Å²) in [5, 5.41) is 3.41. The minimum absolute atomic E-state index is 0.120. The number of hydrogen-bond acceptors (Lipinski definition) is 2. The minimum atomic E-state index is -0.445. The van der Waals surface area contributed by atoms with E-state index >= 15 is 0 Å². The van der Waals surface area contributed by atoms with E-state index in [1.165, 1.54) is 25.0 Å². The second kappa shape index (κ2) is 8.33. The molecule has 0 saturated carbocycles. The third kappa shape index (κ3) is 6.22. The molecule has 0 aliphatic rings. The summed E-state index contributed by atoms with van der Waals surface area (Å²) >= 11 is 5.58. The molecular formula is C14H21ClFNO. The third-order valence-corrected chi connectivity index (χ3v) is 2.88. The van der Waals surface area contributed by atoms with Crippen LogP contribution in [0.25, 0.3) is 0 Å². The maximum atomic E-state index is 13.1. The molecule has 0 radical (unpaired) electrons. The van der Waals surface area contributed by atoms with Gasteiger partial charge in [0.05, 0.1) is 5.02 Å². The van der Waals surface area contributed by atoms with E-state index in [0.29, 0.717) is 12.4 Å². The monoisotopic (exact) mass is 273 g/mol. The van der Waals surface area contributed by atoms with E-state index in [1.807, 2.05) is 0 Å². The standard InChI is InChI=1S/C14H21ClFNO/c1-11(2)4-3-7-17-8-9-18-12-5-6-13(15)14(16)10-12/h5-6,10-11,17H,3-4,7-9H2,1-2H3. The highest BCUT2D eigenvalue weighted by atomic mass is 35.5. The van der Waals surface area contributed by atoms with Crippen molar-refractivity contribution < 1.29 is 9.13 Å². The quantitative estimate of drug-likeness (QED) is 0.726. The van der Waals surface area contributed by atoms with Gasteiger partial charge in [0.1, 0.15) is 18.2 Å². The molecule has 0 aliphatic heterocycles. The highest BCUT2D eigenvalue weighted by molar-refractivity contribution is 6.30. The van der Waals surface area contributed by atoms with E-state index in [0.717, 1.165) is 19.0 Å². The van der Waals surface area contributed by atoms with Crippen molar-refractivity contribution >= 4 is 11.6 Å². The normalized spacial score (nSPS) is 10.9. The summed E-state index contributed by atoms with van der Waals surface area (Å²) in [4.78, 5) is 0. The summed E-state index contributed by atoms with van der Waals surface area (Å²) in [6.45, 7) is 6.73. The molecule has 1 aromatic carbocycles. The molecule has 102 valence electrons. The number of rotatable bonds is 8. The zero-order valence-corrected chi connectivity index (χ0v) is 11.8. The smallest absolute Gasteiger partial charge is 0.145 e. The van der Waals surface area contributed by atoms with Crippen LogP contribution in [0.15, 0.2) is 18.2 Å². The Bertz CT molecular complexity index is 358. The first-order valence-electron chi connectivity index (χ1n) is 6.38. The van der Waals surface area contributed by atoms with Gasteiger partial charge in [0.2, 0.25) is 0 Å². The molecule has 0 amide bonds. The van der Waals surface area contributed by atoms with Gasteiger partial charge in [-0.2, -0.15) is 0 Å². The molecule has 2 nitrogen and oxygen atoms in total. The van der Waals surface area contributed by atoms with Crippen molar-refractivity contribution in [2.75, 3.05) is 19.7 Å². The Kier molecular flexibility index (Phi) is 7.06. The second-order valence-corrected chi connectivity index (χ2v) is 5.12. The molecule has 0 heterocycles. The van der Waals surface area contributed by atoms with Crippen LogP contribution in [0.4, 0.5) is 4.39 Å². The highest BCUT2D eigenvalue weighted by Crippen LogP contribution is 2.20. The van der Waals surface area contributed by atoms with Gasteiger partial charge < -0.3 is 10.1 Å². The van der Waals surface area contributed by atoms with Gasteiger partial charge in [0.15, 0.2) is 0 Å². The molecule has 0 atom stereocenters. The van der Waals surface area contributed by atoms with E-state index in [9.17, 15) is 4.39 Å². The SMILES string of the molecule is CC(C)CCCNCCOc1ccc(Cl)c(F)c1. The molecule has 1 rings (SSSR count). The Morgan fingerprint density at radius 2 is 2.11 bits per heavy atom. The molecule has 18 heavy (non-hydrogen) atoms. The molecule has 0 aromatic heterocycles. The van der Waals surface area contributed by atoms with Crippen LogP contribution in [-0.2, 0) is 0 Å². The summed E-state index contributed by atoms with van der Waals surface area (Å²) in [6, 6.07) is 4.48. The predicted octanol–water partition coefficient (Wildman–Crippen LogP) is 3.88. The fraction of sp³-hybridized carbons (Fsp3) is 0.571. The van der Waals surface area contributed by atoms with Crippen LogP contribution in [-0.4, -0.2) is 19.7 Å². The molecule has 0 saturated heterocycles. The maximum absolute atomic E-state index is 13.1. The Morgan fingerprint density at radius 3 is 2.78 bits per heavy atom. The van der Waals surface area contributed by atoms with Gasteiger partial charge in [-0.1, -0.05) is 25.4 Å². The molecule has 0 spiro atoms. The third-order valence-electron chi connectivity index (χ3n) is 2.57. The van der Waals surface area contributed by atoms with Gasteiger partial charge in [0.25, 0.3) is 0 Å². The molecule has 4 heteroatoms. The van der Waals surface area contributed by atoms with Crippen LogP contribution in [0, 0.1) is 11.7 Å². The van der Waals surface area contributed by atoms with Crippen molar-refractivity contribution in [2.45, 2.75) is 26.7 Å². The van der Waals surface area contributed by atoms with Crippen molar-refractivity contribution in [3.8, 4) is 5.75 Å². The summed E-state index contributed by atoms with van der Waals surface area (Å²) in [5.74, 6) is 0.819. The van der Waals surface area contributed by atoms with E-state index in [4.69, 9.17) is 16.3 Å². The molecule has 1 aromatic rings. The second-order valence-electron chi connectivity index (χ2n) is 4.71. The molecule has 0 unspecified atom stereocenters. The lowest BCUT2D eigenvalue weighted by Crippen LogP contribution is -2.22.